The molecule has 0 bridgehead atoms. The van der Waals surface area contributed by atoms with Crippen LogP contribution >= 0.6 is 0 Å². The summed E-state index contributed by atoms with van der Waals surface area (Å²) in [5.74, 6) is -0.304. The van der Waals surface area contributed by atoms with E-state index < -0.39 is 5.97 Å². The van der Waals surface area contributed by atoms with Gasteiger partial charge in [0.2, 0.25) is 0 Å². The maximum atomic E-state index is 11.4. The number of rotatable bonds is 4. The molecule has 0 radical (unpaired) electrons. The maximum absolute atomic E-state index is 11.4. The van der Waals surface area contributed by atoms with E-state index in [2.05, 4.69) is 4.74 Å². The highest BCUT2D eigenvalue weighted by Crippen LogP contribution is 2.22. The molecule has 1 aromatic rings. The first kappa shape index (κ1) is 11.4. The van der Waals surface area contributed by atoms with Gasteiger partial charge in [-0.15, -0.1) is 0 Å². The van der Waals surface area contributed by atoms with Crippen molar-refractivity contribution in [3.63, 3.8) is 0 Å². The van der Waals surface area contributed by atoms with Gasteiger partial charge in [-0.3, -0.25) is 4.79 Å². The van der Waals surface area contributed by atoms with E-state index in [0.717, 1.165) is 12.0 Å². The van der Waals surface area contributed by atoms with Crippen molar-refractivity contribution < 1.29 is 14.3 Å². The van der Waals surface area contributed by atoms with E-state index in [4.69, 9.17) is 0 Å². The van der Waals surface area contributed by atoms with E-state index in [0.29, 0.717) is 5.56 Å². The molecule has 0 N–H and O–H groups in total. The fraction of sp³-hybridized carbons (Fsp3) is 0.333. The fourth-order valence-corrected chi connectivity index (χ4v) is 1.44. The number of esters is 1. The molecule has 0 fully saturated rings. The molecule has 0 aromatic heterocycles. The van der Waals surface area contributed by atoms with Gasteiger partial charge in [0.05, 0.1) is 5.56 Å². The summed E-state index contributed by atoms with van der Waals surface area (Å²) in [6.07, 6.45) is 0.936. The number of ether oxygens (including phenoxy) is 1. The van der Waals surface area contributed by atoms with Crippen molar-refractivity contribution in [2.45, 2.75) is 26.2 Å². The van der Waals surface area contributed by atoms with Crippen LogP contribution in [-0.2, 0) is 9.53 Å². The Balaban J connectivity index is 3.05. The third-order valence-corrected chi connectivity index (χ3v) is 2.48. The van der Waals surface area contributed by atoms with Crippen LogP contribution in [0.15, 0.2) is 24.3 Å². The van der Waals surface area contributed by atoms with Crippen LogP contribution in [0.3, 0.4) is 0 Å². The SMILES string of the molecule is CCC(C)c1ccccc1C(=O)OC=O. The van der Waals surface area contributed by atoms with Crippen molar-refractivity contribution in [1.29, 1.82) is 0 Å². The molecule has 0 aliphatic carbocycles. The van der Waals surface area contributed by atoms with Crippen LogP contribution in [0.1, 0.15) is 42.1 Å². The van der Waals surface area contributed by atoms with Gasteiger partial charge >= 0.3 is 12.4 Å². The smallest absolute Gasteiger partial charge is 0.345 e. The molecule has 0 saturated carbocycles. The average Bonchev–Trinajstić information content (AvgIpc) is 2.28. The van der Waals surface area contributed by atoms with E-state index in [1.165, 1.54) is 0 Å². The van der Waals surface area contributed by atoms with Crippen molar-refractivity contribution in [3.05, 3.63) is 35.4 Å². The summed E-state index contributed by atoms with van der Waals surface area (Å²) in [6.45, 7) is 4.25. The summed E-state index contributed by atoms with van der Waals surface area (Å²) in [5, 5.41) is 0. The zero-order valence-corrected chi connectivity index (χ0v) is 8.90. The van der Waals surface area contributed by atoms with Crippen LogP contribution in [0.5, 0.6) is 0 Å². The lowest BCUT2D eigenvalue weighted by Crippen LogP contribution is -2.08. The largest absolute Gasteiger partial charge is 0.392 e. The van der Waals surface area contributed by atoms with Gasteiger partial charge in [-0.1, -0.05) is 32.0 Å². The van der Waals surface area contributed by atoms with Gasteiger partial charge in [0.25, 0.3) is 0 Å². The standard InChI is InChI=1S/C12H14O3/c1-3-9(2)10-6-4-5-7-11(10)12(14)15-8-13/h4-9H,3H2,1-2H3. The monoisotopic (exact) mass is 206 g/mol. The fourth-order valence-electron chi connectivity index (χ4n) is 1.44. The van der Waals surface area contributed by atoms with E-state index in [-0.39, 0.29) is 12.4 Å². The Bertz CT molecular complexity index is 358. The summed E-state index contributed by atoms with van der Waals surface area (Å²) < 4.78 is 4.34. The lowest BCUT2D eigenvalue weighted by Gasteiger charge is -2.12. The van der Waals surface area contributed by atoms with Gasteiger partial charge in [-0.25, -0.2) is 4.79 Å². The van der Waals surface area contributed by atoms with Crippen LogP contribution in [0.25, 0.3) is 0 Å². The van der Waals surface area contributed by atoms with Crippen LogP contribution in [0, 0.1) is 0 Å². The summed E-state index contributed by atoms with van der Waals surface area (Å²) in [5.41, 5.74) is 1.39. The molecule has 0 heterocycles. The third-order valence-electron chi connectivity index (χ3n) is 2.48. The van der Waals surface area contributed by atoms with Crippen LogP contribution in [0.4, 0.5) is 0 Å². The molecule has 1 unspecified atom stereocenters. The highest BCUT2D eigenvalue weighted by atomic mass is 16.6. The Labute approximate surface area is 89.1 Å². The van der Waals surface area contributed by atoms with Crippen LogP contribution in [-0.4, -0.2) is 12.4 Å². The predicted molar refractivity (Wildman–Crippen MR) is 56.6 cm³/mol. The molecule has 0 saturated heterocycles. The lowest BCUT2D eigenvalue weighted by molar-refractivity contribution is -0.123. The van der Waals surface area contributed by atoms with Crippen LogP contribution in [0.2, 0.25) is 0 Å². The lowest BCUT2D eigenvalue weighted by atomic mass is 9.94. The van der Waals surface area contributed by atoms with E-state index in [1.807, 2.05) is 26.0 Å². The van der Waals surface area contributed by atoms with Crippen LogP contribution < -0.4 is 0 Å². The minimum atomic E-state index is -0.582. The summed E-state index contributed by atoms with van der Waals surface area (Å²) in [7, 11) is 0. The Morgan fingerprint density at radius 1 is 1.47 bits per heavy atom. The Kier molecular flexibility index (Phi) is 4.03. The molecule has 3 nitrogen and oxygen atoms in total. The second-order valence-electron chi connectivity index (χ2n) is 3.40. The second-order valence-corrected chi connectivity index (χ2v) is 3.40. The summed E-state index contributed by atoms with van der Waals surface area (Å²) in [4.78, 5) is 21.5. The van der Waals surface area contributed by atoms with Crippen molar-refractivity contribution in [2.75, 3.05) is 0 Å². The van der Waals surface area contributed by atoms with Gasteiger partial charge in [0.1, 0.15) is 0 Å². The zero-order valence-electron chi connectivity index (χ0n) is 8.90. The molecule has 0 aliphatic rings. The number of hydrogen-bond acceptors (Lipinski definition) is 3. The average molecular weight is 206 g/mol. The highest BCUT2D eigenvalue weighted by molar-refractivity contribution is 5.94. The first-order valence-corrected chi connectivity index (χ1v) is 4.94. The van der Waals surface area contributed by atoms with Gasteiger partial charge in [0.15, 0.2) is 0 Å². The quantitative estimate of drug-likeness (QED) is 0.432. The molecule has 80 valence electrons. The summed E-state index contributed by atoms with van der Waals surface area (Å²) in [6, 6.07) is 7.19. The highest BCUT2D eigenvalue weighted by Gasteiger charge is 2.15. The van der Waals surface area contributed by atoms with Gasteiger partial charge in [0, 0.05) is 0 Å². The van der Waals surface area contributed by atoms with Crippen molar-refractivity contribution in [3.8, 4) is 0 Å². The van der Waals surface area contributed by atoms with E-state index in [1.54, 1.807) is 12.1 Å². The molecule has 0 aliphatic heterocycles. The maximum Gasteiger partial charge on any atom is 0.345 e. The van der Waals surface area contributed by atoms with Crippen molar-refractivity contribution in [2.24, 2.45) is 0 Å². The van der Waals surface area contributed by atoms with E-state index >= 15 is 0 Å². The Hall–Kier alpha value is -1.64. The topological polar surface area (TPSA) is 43.4 Å². The normalized spacial score (nSPS) is 11.9. The predicted octanol–water partition coefficient (Wildman–Crippen LogP) is 2.51. The molecule has 1 aromatic carbocycles. The first-order chi connectivity index (χ1) is 7.20. The number of hydrogen-bond donors (Lipinski definition) is 0. The molecule has 15 heavy (non-hydrogen) atoms. The van der Waals surface area contributed by atoms with Gasteiger partial charge < -0.3 is 4.74 Å². The molecule has 0 amide bonds. The van der Waals surface area contributed by atoms with E-state index in [9.17, 15) is 9.59 Å². The molecule has 1 atom stereocenters. The van der Waals surface area contributed by atoms with Crippen molar-refractivity contribution in [1.82, 2.24) is 0 Å². The van der Waals surface area contributed by atoms with Crippen molar-refractivity contribution >= 4 is 12.4 Å². The molecular formula is C12H14O3. The zero-order chi connectivity index (χ0) is 11.3. The first-order valence-electron chi connectivity index (χ1n) is 4.94. The number of carbonyl (C=O) groups excluding carboxylic acids is 2. The molecule has 0 spiro atoms. The van der Waals surface area contributed by atoms with Gasteiger partial charge in [-0.05, 0) is 24.0 Å². The van der Waals surface area contributed by atoms with Gasteiger partial charge in [-0.2, -0.15) is 0 Å². The molecule has 3 heteroatoms. The minimum Gasteiger partial charge on any atom is -0.392 e. The minimum absolute atomic E-state index is 0.162. The third kappa shape index (κ3) is 2.65. The summed E-state index contributed by atoms with van der Waals surface area (Å²) >= 11 is 0. The molecule has 1 rings (SSSR count). The second kappa shape index (κ2) is 5.29. The Morgan fingerprint density at radius 2 is 2.13 bits per heavy atom. The Morgan fingerprint density at radius 3 is 2.73 bits per heavy atom. The number of carbonyl (C=O) groups is 2. The molecular weight excluding hydrogens is 192 g/mol. The number of benzene rings is 1.